The average molecular weight is 245 g/mol. The summed E-state index contributed by atoms with van der Waals surface area (Å²) in [5.74, 6) is 0.438. The fraction of sp³-hybridized carbons (Fsp3) is 0.400. The van der Waals surface area contributed by atoms with E-state index in [2.05, 4.69) is 15.9 Å². The van der Waals surface area contributed by atoms with Gasteiger partial charge < -0.3 is 10.2 Å². The van der Waals surface area contributed by atoms with Gasteiger partial charge in [-0.15, -0.1) is 0 Å². The molecular weight excluding hydrogens is 232 g/mol. The van der Waals surface area contributed by atoms with Gasteiger partial charge in [0.2, 0.25) is 0 Å². The van der Waals surface area contributed by atoms with Crippen molar-refractivity contribution < 1.29 is 10.2 Å². The average Bonchev–Trinajstić information content (AvgIpc) is 2.04. The van der Waals surface area contributed by atoms with Crippen molar-refractivity contribution in [2.24, 2.45) is 0 Å². The maximum absolute atomic E-state index is 9.75. The first-order valence-electron chi connectivity index (χ1n) is 4.19. The minimum absolute atomic E-state index is 0.126. The summed E-state index contributed by atoms with van der Waals surface area (Å²) < 4.78 is 0.886. The van der Waals surface area contributed by atoms with Crippen molar-refractivity contribution in [2.75, 3.05) is 0 Å². The molecule has 0 unspecified atom stereocenters. The van der Waals surface area contributed by atoms with Crippen LogP contribution in [0.25, 0.3) is 0 Å². The Morgan fingerprint density at radius 1 is 1.38 bits per heavy atom. The van der Waals surface area contributed by atoms with Crippen molar-refractivity contribution in [3.63, 3.8) is 0 Å². The summed E-state index contributed by atoms with van der Waals surface area (Å²) in [5.41, 5.74) is 1.43. The topological polar surface area (TPSA) is 40.5 Å². The molecule has 1 aromatic rings. The molecule has 0 saturated carbocycles. The predicted molar refractivity (Wildman–Crippen MR) is 55.8 cm³/mol. The molecule has 0 aliphatic rings. The highest BCUT2D eigenvalue weighted by Crippen LogP contribution is 2.35. The third-order valence-electron chi connectivity index (χ3n) is 2.00. The summed E-state index contributed by atoms with van der Waals surface area (Å²) in [6.07, 6.45) is 0. The van der Waals surface area contributed by atoms with Crippen molar-refractivity contribution in [1.82, 2.24) is 0 Å². The van der Waals surface area contributed by atoms with E-state index >= 15 is 0 Å². The molecule has 1 rings (SSSR count). The van der Waals surface area contributed by atoms with Crippen molar-refractivity contribution in [1.29, 1.82) is 0 Å². The zero-order chi connectivity index (χ0) is 10.0. The summed E-state index contributed by atoms with van der Waals surface area (Å²) in [6.45, 7) is 3.88. The second-order valence-corrected chi connectivity index (χ2v) is 4.14. The Morgan fingerprint density at radius 3 is 2.46 bits per heavy atom. The number of aliphatic hydroxyl groups is 1. The molecule has 0 bridgehead atoms. The van der Waals surface area contributed by atoms with E-state index in [-0.39, 0.29) is 18.3 Å². The number of benzene rings is 1. The van der Waals surface area contributed by atoms with Gasteiger partial charge in [-0.3, -0.25) is 0 Å². The van der Waals surface area contributed by atoms with Gasteiger partial charge in [-0.05, 0) is 12.0 Å². The molecule has 0 aliphatic heterocycles. The lowest BCUT2D eigenvalue weighted by atomic mass is 9.99. The normalized spacial score (nSPS) is 10.8. The van der Waals surface area contributed by atoms with E-state index in [1.54, 1.807) is 6.07 Å². The molecule has 0 fully saturated rings. The largest absolute Gasteiger partial charge is 0.507 e. The van der Waals surface area contributed by atoms with Gasteiger partial charge in [-0.2, -0.15) is 0 Å². The van der Waals surface area contributed by atoms with Gasteiger partial charge in [-0.1, -0.05) is 35.8 Å². The Balaban J connectivity index is 3.30. The van der Waals surface area contributed by atoms with Crippen LogP contribution in [0.4, 0.5) is 0 Å². The van der Waals surface area contributed by atoms with Crippen molar-refractivity contribution >= 4 is 15.9 Å². The second kappa shape index (κ2) is 4.11. The van der Waals surface area contributed by atoms with E-state index in [0.717, 1.165) is 10.0 Å². The minimum Gasteiger partial charge on any atom is -0.507 e. The Hall–Kier alpha value is -0.540. The Labute approximate surface area is 86.3 Å². The SMILES string of the molecule is CC(C)c1c(Br)ccc(CO)c1O. The Kier molecular flexibility index (Phi) is 3.33. The number of hydrogen-bond acceptors (Lipinski definition) is 2. The third-order valence-corrected chi connectivity index (χ3v) is 2.69. The van der Waals surface area contributed by atoms with Crippen molar-refractivity contribution in [3.05, 3.63) is 27.7 Å². The maximum Gasteiger partial charge on any atom is 0.125 e. The Morgan fingerprint density at radius 2 is 2.00 bits per heavy atom. The number of phenols is 1. The smallest absolute Gasteiger partial charge is 0.125 e. The minimum atomic E-state index is -0.126. The number of hydrogen-bond donors (Lipinski definition) is 2. The number of halogens is 1. The van der Waals surface area contributed by atoms with Crippen LogP contribution in [-0.2, 0) is 6.61 Å². The summed E-state index contributed by atoms with van der Waals surface area (Å²) in [4.78, 5) is 0. The first-order chi connectivity index (χ1) is 6.07. The quantitative estimate of drug-likeness (QED) is 0.841. The molecule has 0 atom stereocenters. The lowest BCUT2D eigenvalue weighted by molar-refractivity contribution is 0.275. The summed E-state index contributed by atoms with van der Waals surface area (Å²) in [7, 11) is 0. The Bertz CT molecular complexity index is 308. The van der Waals surface area contributed by atoms with Crippen LogP contribution >= 0.6 is 15.9 Å². The van der Waals surface area contributed by atoms with Gasteiger partial charge in [0.1, 0.15) is 5.75 Å². The molecule has 1 aromatic carbocycles. The van der Waals surface area contributed by atoms with Crippen LogP contribution in [0, 0.1) is 0 Å². The van der Waals surface area contributed by atoms with E-state index in [4.69, 9.17) is 5.11 Å². The van der Waals surface area contributed by atoms with E-state index in [1.807, 2.05) is 19.9 Å². The van der Waals surface area contributed by atoms with Crippen LogP contribution in [0.5, 0.6) is 5.75 Å². The van der Waals surface area contributed by atoms with Gasteiger partial charge in [-0.25, -0.2) is 0 Å². The predicted octanol–water partition coefficient (Wildman–Crippen LogP) is 2.77. The highest BCUT2D eigenvalue weighted by molar-refractivity contribution is 9.10. The molecule has 0 saturated heterocycles. The lowest BCUT2D eigenvalue weighted by Gasteiger charge is -2.13. The molecule has 0 amide bonds. The molecule has 2 nitrogen and oxygen atoms in total. The third kappa shape index (κ3) is 2.03. The molecule has 0 aliphatic carbocycles. The number of rotatable bonds is 2. The van der Waals surface area contributed by atoms with Gasteiger partial charge in [0.25, 0.3) is 0 Å². The molecular formula is C10H13BrO2. The first kappa shape index (κ1) is 10.5. The van der Waals surface area contributed by atoms with Gasteiger partial charge in [0.15, 0.2) is 0 Å². The van der Waals surface area contributed by atoms with Gasteiger partial charge >= 0.3 is 0 Å². The fourth-order valence-electron chi connectivity index (χ4n) is 1.31. The van der Waals surface area contributed by atoms with Crippen molar-refractivity contribution in [3.8, 4) is 5.75 Å². The molecule has 0 aromatic heterocycles. The van der Waals surface area contributed by atoms with Gasteiger partial charge in [0, 0.05) is 15.6 Å². The fourth-order valence-corrected chi connectivity index (χ4v) is 2.08. The monoisotopic (exact) mass is 244 g/mol. The summed E-state index contributed by atoms with van der Waals surface area (Å²) in [6, 6.07) is 3.56. The highest BCUT2D eigenvalue weighted by Gasteiger charge is 2.13. The van der Waals surface area contributed by atoms with Crippen molar-refractivity contribution in [2.45, 2.75) is 26.4 Å². The molecule has 0 heterocycles. The standard InChI is InChI=1S/C10H13BrO2/c1-6(2)9-8(11)4-3-7(5-12)10(9)13/h3-4,6,12-13H,5H2,1-2H3. The zero-order valence-corrected chi connectivity index (χ0v) is 9.30. The number of aliphatic hydroxyl groups excluding tert-OH is 1. The second-order valence-electron chi connectivity index (χ2n) is 3.28. The van der Waals surface area contributed by atoms with Crippen LogP contribution in [0.1, 0.15) is 30.9 Å². The first-order valence-corrected chi connectivity index (χ1v) is 4.98. The highest BCUT2D eigenvalue weighted by atomic mass is 79.9. The molecule has 2 N–H and O–H groups in total. The van der Waals surface area contributed by atoms with Crippen LogP contribution in [0.3, 0.4) is 0 Å². The van der Waals surface area contributed by atoms with E-state index in [9.17, 15) is 5.11 Å². The van der Waals surface area contributed by atoms with Gasteiger partial charge in [0.05, 0.1) is 6.61 Å². The van der Waals surface area contributed by atoms with Crippen LogP contribution in [0.2, 0.25) is 0 Å². The van der Waals surface area contributed by atoms with E-state index in [1.165, 1.54) is 0 Å². The molecule has 3 heteroatoms. The lowest BCUT2D eigenvalue weighted by Crippen LogP contribution is -1.94. The summed E-state index contributed by atoms with van der Waals surface area (Å²) in [5, 5.41) is 18.7. The molecule has 72 valence electrons. The number of aromatic hydroxyl groups is 1. The van der Waals surface area contributed by atoms with E-state index < -0.39 is 0 Å². The van der Waals surface area contributed by atoms with E-state index in [0.29, 0.717) is 5.56 Å². The molecule has 0 spiro atoms. The van der Waals surface area contributed by atoms with Crippen LogP contribution < -0.4 is 0 Å². The molecule has 13 heavy (non-hydrogen) atoms. The maximum atomic E-state index is 9.75. The summed E-state index contributed by atoms with van der Waals surface area (Å²) >= 11 is 3.37. The van der Waals surface area contributed by atoms with Crippen LogP contribution in [-0.4, -0.2) is 10.2 Å². The van der Waals surface area contributed by atoms with Crippen LogP contribution in [0.15, 0.2) is 16.6 Å². The zero-order valence-electron chi connectivity index (χ0n) is 7.71. The molecule has 0 radical (unpaired) electrons.